The number of hydrogen-bond acceptors (Lipinski definition) is 3. The number of benzene rings is 1. The van der Waals surface area contributed by atoms with E-state index in [0.717, 1.165) is 10.7 Å². The van der Waals surface area contributed by atoms with Crippen molar-refractivity contribution in [2.45, 2.75) is 6.92 Å². The van der Waals surface area contributed by atoms with Gasteiger partial charge in [0.25, 0.3) is 0 Å². The number of hydrogen-bond donors (Lipinski definition) is 2. The Bertz CT molecular complexity index is 389. The van der Waals surface area contributed by atoms with Gasteiger partial charge in [-0.15, -0.1) is 0 Å². The van der Waals surface area contributed by atoms with Gasteiger partial charge in [0.05, 0.1) is 14.9 Å². The monoisotopic (exact) mass is 528 g/mol. The number of Topliss-reactive ketones (excluding diaryl/α,β-unsaturated/α-hetero) is 1. The molecule has 1 aromatic rings. The van der Waals surface area contributed by atoms with Gasteiger partial charge in [-0.05, 0) is 74.7 Å². The summed E-state index contributed by atoms with van der Waals surface area (Å²) in [6, 6.07) is 0. The van der Waals surface area contributed by atoms with Crippen molar-refractivity contribution >= 4 is 84.9 Å². The van der Waals surface area contributed by atoms with Gasteiger partial charge in [0, 0.05) is 12.7 Å². The number of carbonyl (C=O) groups is 1. The first-order valence-corrected chi connectivity index (χ1v) is 6.83. The Kier molecular flexibility index (Phi) is 4.26. The van der Waals surface area contributed by atoms with E-state index in [-0.39, 0.29) is 5.78 Å². The minimum Gasteiger partial charge on any atom is -0.397 e. The van der Waals surface area contributed by atoms with Gasteiger partial charge in [0.1, 0.15) is 0 Å². The number of anilines is 2. The lowest BCUT2D eigenvalue weighted by Gasteiger charge is -2.12. The maximum absolute atomic E-state index is 11.4. The third kappa shape index (κ3) is 2.10. The fraction of sp³-hybridized carbons (Fsp3) is 0.125. The van der Waals surface area contributed by atoms with Gasteiger partial charge < -0.3 is 11.5 Å². The molecule has 0 heterocycles. The second-order valence-corrected chi connectivity index (χ2v) is 5.94. The third-order valence-corrected chi connectivity index (χ3v) is 5.14. The molecule has 1 aromatic carbocycles. The molecule has 0 radical (unpaired) electrons. The van der Waals surface area contributed by atoms with Crippen LogP contribution in [0.1, 0.15) is 17.3 Å². The molecule has 0 fully saturated rings. The van der Waals surface area contributed by atoms with E-state index in [9.17, 15) is 4.79 Å². The molecule has 0 aliphatic heterocycles. The standard InChI is InChI=1S/C8H7I3N2O/c1-2(14)3-4(9)7(12)6(11)8(13)5(3)10/h12-13H2,1H3. The zero-order chi connectivity index (χ0) is 11.0. The molecule has 0 aromatic heterocycles. The van der Waals surface area contributed by atoms with Crippen LogP contribution in [0.25, 0.3) is 0 Å². The number of nitrogen functional groups attached to an aromatic ring is 2. The Morgan fingerprint density at radius 3 is 1.64 bits per heavy atom. The van der Waals surface area contributed by atoms with E-state index < -0.39 is 0 Å². The summed E-state index contributed by atoms with van der Waals surface area (Å²) in [5, 5.41) is 0. The molecule has 0 unspecified atom stereocenters. The molecule has 0 aliphatic rings. The smallest absolute Gasteiger partial charge is 0.162 e. The molecule has 0 saturated heterocycles. The first kappa shape index (κ1) is 12.7. The highest BCUT2D eigenvalue weighted by molar-refractivity contribution is 14.1. The first-order chi connectivity index (χ1) is 6.37. The molecule has 6 heteroatoms. The Morgan fingerprint density at radius 1 is 1.00 bits per heavy atom. The zero-order valence-corrected chi connectivity index (χ0v) is 13.7. The van der Waals surface area contributed by atoms with Gasteiger partial charge in [0.2, 0.25) is 0 Å². The van der Waals surface area contributed by atoms with Gasteiger partial charge in [-0.25, -0.2) is 0 Å². The molecule has 0 atom stereocenters. The SMILES string of the molecule is CC(=O)c1c(I)c(N)c(I)c(N)c1I. The van der Waals surface area contributed by atoms with Crippen LogP contribution in [0.2, 0.25) is 0 Å². The normalized spacial score (nSPS) is 10.3. The van der Waals surface area contributed by atoms with Crippen molar-refractivity contribution in [2.75, 3.05) is 11.5 Å². The summed E-state index contributed by atoms with van der Waals surface area (Å²) in [5.74, 6) is -0.00593. The molecule has 4 N–H and O–H groups in total. The largest absolute Gasteiger partial charge is 0.397 e. The molecule has 0 spiro atoms. The molecular weight excluding hydrogens is 521 g/mol. The molecule has 0 aliphatic carbocycles. The van der Waals surface area contributed by atoms with E-state index in [2.05, 4.69) is 67.8 Å². The number of nitrogens with two attached hydrogens (primary N) is 2. The van der Waals surface area contributed by atoms with Gasteiger partial charge in [-0.3, -0.25) is 4.79 Å². The highest BCUT2D eigenvalue weighted by Crippen LogP contribution is 2.35. The van der Waals surface area contributed by atoms with Crippen molar-refractivity contribution < 1.29 is 4.79 Å². The molecule has 14 heavy (non-hydrogen) atoms. The maximum Gasteiger partial charge on any atom is 0.162 e. The minimum absolute atomic E-state index is 0.00593. The molecule has 76 valence electrons. The summed E-state index contributed by atoms with van der Waals surface area (Å²) in [6.07, 6.45) is 0. The second kappa shape index (κ2) is 4.68. The molecule has 0 saturated carbocycles. The number of rotatable bonds is 1. The predicted molar refractivity (Wildman–Crippen MR) is 83.4 cm³/mol. The number of ketones is 1. The van der Waals surface area contributed by atoms with E-state index in [0.29, 0.717) is 16.9 Å². The lowest BCUT2D eigenvalue weighted by Crippen LogP contribution is -2.09. The van der Waals surface area contributed by atoms with Crippen LogP contribution in [0.3, 0.4) is 0 Å². The molecule has 1 rings (SSSR count). The zero-order valence-electron chi connectivity index (χ0n) is 7.20. The van der Waals surface area contributed by atoms with Crippen LogP contribution in [0.5, 0.6) is 0 Å². The molecule has 0 amide bonds. The van der Waals surface area contributed by atoms with Gasteiger partial charge in [-0.1, -0.05) is 0 Å². The quantitative estimate of drug-likeness (QED) is 0.335. The van der Waals surface area contributed by atoms with Gasteiger partial charge >= 0.3 is 0 Å². The lowest BCUT2D eigenvalue weighted by molar-refractivity contribution is 0.101. The Morgan fingerprint density at radius 2 is 1.36 bits per heavy atom. The van der Waals surface area contributed by atoms with Crippen molar-refractivity contribution in [3.8, 4) is 0 Å². The molecule has 0 bridgehead atoms. The van der Waals surface area contributed by atoms with E-state index in [1.165, 1.54) is 6.92 Å². The summed E-state index contributed by atoms with van der Waals surface area (Å²) in [7, 11) is 0. The lowest BCUT2D eigenvalue weighted by atomic mass is 10.1. The average Bonchev–Trinajstić information content (AvgIpc) is 2.11. The highest BCUT2D eigenvalue weighted by atomic mass is 127. The van der Waals surface area contributed by atoms with E-state index in [1.807, 2.05) is 0 Å². The van der Waals surface area contributed by atoms with Gasteiger partial charge in [0.15, 0.2) is 5.78 Å². The maximum atomic E-state index is 11.4. The fourth-order valence-electron chi connectivity index (χ4n) is 1.01. The minimum atomic E-state index is -0.00593. The van der Waals surface area contributed by atoms with Crippen LogP contribution < -0.4 is 11.5 Å². The second-order valence-electron chi connectivity index (χ2n) is 2.70. The summed E-state index contributed by atoms with van der Waals surface area (Å²) in [5.41, 5.74) is 13.5. The van der Waals surface area contributed by atoms with E-state index in [1.54, 1.807) is 0 Å². The van der Waals surface area contributed by atoms with Crippen molar-refractivity contribution in [3.05, 3.63) is 16.3 Å². The predicted octanol–water partition coefficient (Wildman–Crippen LogP) is 2.87. The number of halogens is 3. The summed E-state index contributed by atoms with van der Waals surface area (Å²) in [4.78, 5) is 11.4. The summed E-state index contributed by atoms with van der Waals surface area (Å²) >= 11 is 6.24. The van der Waals surface area contributed by atoms with Crippen molar-refractivity contribution in [3.63, 3.8) is 0 Å². The van der Waals surface area contributed by atoms with E-state index >= 15 is 0 Å². The summed E-state index contributed by atoms with van der Waals surface area (Å²) < 4.78 is 2.40. The average molecular weight is 528 g/mol. The summed E-state index contributed by atoms with van der Waals surface area (Å²) in [6.45, 7) is 1.52. The first-order valence-electron chi connectivity index (χ1n) is 3.60. The third-order valence-electron chi connectivity index (χ3n) is 1.74. The fourth-order valence-corrected chi connectivity index (χ4v) is 4.94. The van der Waals surface area contributed by atoms with Crippen molar-refractivity contribution in [1.82, 2.24) is 0 Å². The van der Waals surface area contributed by atoms with Crippen molar-refractivity contribution in [1.29, 1.82) is 0 Å². The molecular formula is C8H7I3N2O. The topological polar surface area (TPSA) is 69.1 Å². The number of carbonyl (C=O) groups excluding carboxylic acids is 1. The van der Waals surface area contributed by atoms with Crippen LogP contribution in [0, 0.1) is 10.7 Å². The Labute approximate surface area is 123 Å². The molecule has 3 nitrogen and oxygen atoms in total. The van der Waals surface area contributed by atoms with Crippen LogP contribution in [-0.4, -0.2) is 5.78 Å². The van der Waals surface area contributed by atoms with Crippen LogP contribution in [0.15, 0.2) is 0 Å². The van der Waals surface area contributed by atoms with Crippen LogP contribution >= 0.6 is 67.8 Å². The highest BCUT2D eigenvalue weighted by Gasteiger charge is 2.19. The van der Waals surface area contributed by atoms with Crippen molar-refractivity contribution in [2.24, 2.45) is 0 Å². The van der Waals surface area contributed by atoms with Gasteiger partial charge in [-0.2, -0.15) is 0 Å². The Balaban J connectivity index is 3.68. The Hall–Kier alpha value is 0.680. The van der Waals surface area contributed by atoms with Crippen LogP contribution in [-0.2, 0) is 0 Å². The van der Waals surface area contributed by atoms with E-state index in [4.69, 9.17) is 11.5 Å². The van der Waals surface area contributed by atoms with Crippen LogP contribution in [0.4, 0.5) is 11.4 Å².